The Hall–Kier alpha value is -2.28. The number of ether oxygens (including phenoxy) is 2. The number of hydrogen-bond donors (Lipinski definition) is 1. The molecule has 0 fully saturated rings. The summed E-state index contributed by atoms with van der Waals surface area (Å²) in [5, 5.41) is 2.79. The molecule has 2 aromatic carbocycles. The van der Waals surface area contributed by atoms with E-state index in [4.69, 9.17) is 4.74 Å². The molecule has 1 amide bonds. The summed E-state index contributed by atoms with van der Waals surface area (Å²) in [6, 6.07) is 14.9. The van der Waals surface area contributed by atoms with Crippen LogP contribution in [0.15, 0.2) is 48.5 Å². The van der Waals surface area contributed by atoms with Crippen LogP contribution in [0.25, 0.3) is 0 Å². The van der Waals surface area contributed by atoms with Gasteiger partial charge < -0.3 is 14.8 Å². The molecule has 0 aromatic heterocycles. The van der Waals surface area contributed by atoms with Gasteiger partial charge in [-0.3, -0.25) is 4.79 Å². The highest BCUT2D eigenvalue weighted by Crippen LogP contribution is 2.29. The summed E-state index contributed by atoms with van der Waals surface area (Å²) in [6.07, 6.45) is 0.503. The molecule has 0 aliphatic rings. The summed E-state index contributed by atoms with van der Waals surface area (Å²) in [7, 11) is 1.40. The third kappa shape index (κ3) is 7.57. The van der Waals surface area contributed by atoms with Crippen LogP contribution in [0.2, 0.25) is 0 Å². The van der Waals surface area contributed by atoms with Crippen LogP contribution in [0.1, 0.15) is 25.0 Å². The average Bonchev–Trinajstić information content (AvgIpc) is 2.68. The number of alkyl halides is 2. The Bertz CT molecular complexity index is 772. The lowest BCUT2D eigenvalue weighted by Crippen LogP contribution is -2.37. The van der Waals surface area contributed by atoms with Gasteiger partial charge in [0.15, 0.2) is 11.5 Å². The molecular weight excluding hydrogens is 396 g/mol. The lowest BCUT2D eigenvalue weighted by atomic mass is 10.1. The number of nitrogens with one attached hydrogen (secondary N) is 1. The second-order valence-electron chi connectivity index (χ2n) is 6.87. The predicted octanol–water partition coefficient (Wildman–Crippen LogP) is 4.91. The van der Waals surface area contributed by atoms with Crippen LogP contribution < -0.4 is 14.8 Å². The van der Waals surface area contributed by atoms with Gasteiger partial charge in [-0.25, -0.2) is 0 Å². The molecule has 0 heterocycles. The molecule has 158 valence electrons. The third-order valence-corrected chi connectivity index (χ3v) is 5.91. The van der Waals surface area contributed by atoms with Crippen molar-refractivity contribution >= 4 is 17.7 Å². The second kappa shape index (κ2) is 11.7. The first-order valence-electron chi connectivity index (χ1n) is 9.45. The van der Waals surface area contributed by atoms with E-state index in [-0.39, 0.29) is 28.6 Å². The van der Waals surface area contributed by atoms with Crippen LogP contribution in [0, 0.1) is 5.92 Å². The van der Waals surface area contributed by atoms with Crippen LogP contribution in [0.4, 0.5) is 8.78 Å². The van der Waals surface area contributed by atoms with Crippen molar-refractivity contribution in [3.63, 3.8) is 0 Å². The number of amides is 1. The monoisotopic (exact) mass is 423 g/mol. The van der Waals surface area contributed by atoms with Gasteiger partial charge in [-0.2, -0.15) is 8.78 Å². The number of benzene rings is 2. The first-order chi connectivity index (χ1) is 13.9. The SMILES string of the molecule is COc1ccc(CCNC(=O)C(SCc2ccccc2)C(C)C)cc1OC(F)F. The molecule has 1 atom stereocenters. The molecule has 2 rings (SSSR count). The topological polar surface area (TPSA) is 47.6 Å². The Morgan fingerprint density at radius 1 is 1.07 bits per heavy atom. The van der Waals surface area contributed by atoms with E-state index >= 15 is 0 Å². The van der Waals surface area contributed by atoms with Crippen molar-refractivity contribution < 1.29 is 23.0 Å². The number of carbonyl (C=O) groups is 1. The van der Waals surface area contributed by atoms with E-state index in [0.717, 1.165) is 11.3 Å². The molecule has 0 aliphatic carbocycles. The van der Waals surface area contributed by atoms with E-state index in [9.17, 15) is 13.6 Å². The summed E-state index contributed by atoms with van der Waals surface area (Å²) in [6.45, 7) is 1.54. The standard InChI is InChI=1S/C22H27F2NO3S/c1-15(2)20(29-14-17-7-5-4-6-8-17)21(26)25-12-11-16-9-10-18(27-3)19(13-16)28-22(23)24/h4-10,13,15,20,22H,11-12,14H2,1-3H3,(H,25,26). The van der Waals surface area contributed by atoms with Gasteiger partial charge in [0.1, 0.15) is 0 Å². The van der Waals surface area contributed by atoms with Crippen molar-refractivity contribution in [1.82, 2.24) is 5.32 Å². The average molecular weight is 424 g/mol. The van der Waals surface area contributed by atoms with E-state index in [1.165, 1.54) is 18.7 Å². The van der Waals surface area contributed by atoms with Gasteiger partial charge in [0.2, 0.25) is 5.91 Å². The van der Waals surface area contributed by atoms with Crippen LogP contribution >= 0.6 is 11.8 Å². The molecule has 0 saturated heterocycles. The zero-order valence-electron chi connectivity index (χ0n) is 16.9. The molecule has 29 heavy (non-hydrogen) atoms. The summed E-state index contributed by atoms with van der Waals surface area (Å²) >= 11 is 1.62. The van der Waals surface area contributed by atoms with Crippen molar-refractivity contribution in [3.05, 3.63) is 59.7 Å². The minimum Gasteiger partial charge on any atom is -0.493 e. The zero-order chi connectivity index (χ0) is 21.2. The van der Waals surface area contributed by atoms with E-state index < -0.39 is 6.61 Å². The molecule has 7 heteroatoms. The first-order valence-corrected chi connectivity index (χ1v) is 10.5. The predicted molar refractivity (Wildman–Crippen MR) is 113 cm³/mol. The van der Waals surface area contributed by atoms with Gasteiger partial charge in [0, 0.05) is 12.3 Å². The summed E-state index contributed by atoms with van der Waals surface area (Å²) in [5.74, 6) is 1.18. The lowest BCUT2D eigenvalue weighted by Gasteiger charge is -2.20. The normalized spacial score (nSPS) is 12.1. The number of carbonyl (C=O) groups excluding carboxylic acids is 1. The first kappa shape index (κ1) is 23.0. The molecule has 4 nitrogen and oxygen atoms in total. The zero-order valence-corrected chi connectivity index (χ0v) is 17.7. The van der Waals surface area contributed by atoms with Crippen LogP contribution in [-0.2, 0) is 17.0 Å². The molecule has 0 spiro atoms. The van der Waals surface area contributed by atoms with E-state index in [0.29, 0.717) is 13.0 Å². The Balaban J connectivity index is 1.89. The second-order valence-corrected chi connectivity index (χ2v) is 8.00. The fourth-order valence-corrected chi connectivity index (χ4v) is 4.01. The maximum atomic E-state index is 12.6. The van der Waals surface area contributed by atoms with E-state index in [1.807, 2.05) is 44.2 Å². The Kier molecular flexibility index (Phi) is 9.25. The summed E-state index contributed by atoms with van der Waals surface area (Å²) in [5.41, 5.74) is 1.96. The largest absolute Gasteiger partial charge is 0.493 e. The highest BCUT2D eigenvalue weighted by Gasteiger charge is 2.22. The number of halogens is 2. The van der Waals surface area contributed by atoms with Gasteiger partial charge in [-0.15, -0.1) is 11.8 Å². The molecule has 0 radical (unpaired) electrons. The molecule has 2 aromatic rings. The minimum absolute atomic E-state index is 0.00944. The quantitative estimate of drug-likeness (QED) is 0.558. The summed E-state index contributed by atoms with van der Waals surface area (Å²) < 4.78 is 34.6. The Morgan fingerprint density at radius 3 is 2.41 bits per heavy atom. The Labute approximate surface area is 175 Å². The number of methoxy groups -OCH3 is 1. The highest BCUT2D eigenvalue weighted by molar-refractivity contribution is 7.99. The highest BCUT2D eigenvalue weighted by atomic mass is 32.2. The Morgan fingerprint density at radius 2 is 1.79 bits per heavy atom. The third-order valence-electron chi connectivity index (χ3n) is 4.29. The van der Waals surface area contributed by atoms with Gasteiger partial charge in [0.25, 0.3) is 0 Å². The van der Waals surface area contributed by atoms with Crippen molar-refractivity contribution in [1.29, 1.82) is 0 Å². The van der Waals surface area contributed by atoms with Gasteiger partial charge in [-0.1, -0.05) is 50.2 Å². The number of rotatable bonds is 11. The lowest BCUT2D eigenvalue weighted by molar-refractivity contribution is -0.121. The number of hydrogen-bond acceptors (Lipinski definition) is 4. The molecule has 0 bridgehead atoms. The van der Waals surface area contributed by atoms with Crippen molar-refractivity contribution in [2.45, 2.75) is 37.9 Å². The smallest absolute Gasteiger partial charge is 0.387 e. The van der Waals surface area contributed by atoms with Crippen LogP contribution in [-0.4, -0.2) is 31.4 Å². The van der Waals surface area contributed by atoms with Gasteiger partial charge in [-0.05, 0) is 35.6 Å². The molecular formula is C22H27F2NO3S. The van der Waals surface area contributed by atoms with Crippen LogP contribution in [0.5, 0.6) is 11.5 Å². The van der Waals surface area contributed by atoms with Crippen molar-refractivity contribution in [2.24, 2.45) is 5.92 Å². The summed E-state index contributed by atoms with van der Waals surface area (Å²) in [4.78, 5) is 12.6. The van der Waals surface area contributed by atoms with Crippen molar-refractivity contribution in [3.8, 4) is 11.5 Å². The molecule has 1 unspecified atom stereocenters. The van der Waals surface area contributed by atoms with E-state index in [1.54, 1.807) is 23.9 Å². The molecule has 1 N–H and O–H groups in total. The number of thioether (sulfide) groups is 1. The fourth-order valence-electron chi connectivity index (χ4n) is 2.83. The molecule has 0 aliphatic heterocycles. The van der Waals surface area contributed by atoms with Crippen LogP contribution in [0.3, 0.4) is 0 Å². The van der Waals surface area contributed by atoms with Gasteiger partial charge >= 0.3 is 6.61 Å². The molecule has 0 saturated carbocycles. The maximum absolute atomic E-state index is 12.6. The van der Waals surface area contributed by atoms with E-state index in [2.05, 4.69) is 10.1 Å². The minimum atomic E-state index is -2.92. The van der Waals surface area contributed by atoms with Gasteiger partial charge in [0.05, 0.1) is 12.4 Å². The van der Waals surface area contributed by atoms with Crippen molar-refractivity contribution in [2.75, 3.05) is 13.7 Å². The maximum Gasteiger partial charge on any atom is 0.387 e. The fraction of sp³-hybridized carbons (Fsp3) is 0.409.